The zero-order valence-electron chi connectivity index (χ0n) is 19.2. The van der Waals surface area contributed by atoms with Crippen LogP contribution in [0.25, 0.3) is 5.82 Å². The molecule has 4 heterocycles. The lowest BCUT2D eigenvalue weighted by Gasteiger charge is -2.30. The number of nitrogens with one attached hydrogen (secondary N) is 1. The average molecular weight is 472 g/mol. The quantitative estimate of drug-likeness (QED) is 0.407. The smallest absolute Gasteiger partial charge is 0.174 e. The summed E-state index contributed by atoms with van der Waals surface area (Å²) < 4.78 is 13.3. The van der Waals surface area contributed by atoms with Crippen LogP contribution in [-0.4, -0.2) is 33.9 Å². The highest BCUT2D eigenvalue weighted by molar-refractivity contribution is 7.80. The van der Waals surface area contributed by atoms with Crippen LogP contribution in [0.1, 0.15) is 29.0 Å². The molecule has 0 bridgehead atoms. The van der Waals surface area contributed by atoms with E-state index in [1.165, 1.54) is 0 Å². The monoisotopic (exact) mass is 471 g/mol. The van der Waals surface area contributed by atoms with Crippen molar-refractivity contribution in [3.8, 4) is 17.3 Å². The Morgan fingerprint density at radius 3 is 2.56 bits per heavy atom. The van der Waals surface area contributed by atoms with E-state index in [2.05, 4.69) is 36.9 Å². The number of thiocarbonyl (C=S) groups is 1. The largest absolute Gasteiger partial charge is 0.497 e. The molecule has 0 amide bonds. The molecule has 1 aliphatic rings. The highest BCUT2D eigenvalue weighted by atomic mass is 32.1. The standard InChI is InChI=1S/C26H25N5O2S/c1-17-9-12-23(28-16-17)30-14-6-8-20(30)25-24(19-7-4-5-13-27-19)29-26(34)31(25)21-15-18(32-2)10-11-22(21)33-3/h4-16,24-25H,1-3H3,(H,29,34). The van der Waals surface area contributed by atoms with Gasteiger partial charge in [0.2, 0.25) is 0 Å². The molecule has 1 aromatic carbocycles. The summed E-state index contributed by atoms with van der Waals surface area (Å²) in [7, 11) is 3.30. The van der Waals surface area contributed by atoms with Crippen LogP contribution in [0.3, 0.4) is 0 Å². The van der Waals surface area contributed by atoms with Gasteiger partial charge in [-0.3, -0.25) is 4.98 Å². The van der Waals surface area contributed by atoms with E-state index >= 15 is 0 Å². The summed E-state index contributed by atoms with van der Waals surface area (Å²) >= 11 is 5.88. The van der Waals surface area contributed by atoms with Crippen LogP contribution >= 0.6 is 12.2 Å². The van der Waals surface area contributed by atoms with Gasteiger partial charge >= 0.3 is 0 Å². The van der Waals surface area contributed by atoms with Gasteiger partial charge in [0.05, 0.1) is 31.6 Å². The average Bonchev–Trinajstić information content (AvgIpc) is 3.49. The Morgan fingerprint density at radius 2 is 1.85 bits per heavy atom. The number of hydrogen-bond donors (Lipinski definition) is 1. The molecule has 1 fully saturated rings. The maximum absolute atomic E-state index is 5.88. The molecule has 0 radical (unpaired) electrons. The lowest BCUT2D eigenvalue weighted by atomic mass is 10.0. The maximum atomic E-state index is 5.88. The van der Waals surface area contributed by atoms with Gasteiger partial charge in [-0.05, 0) is 67.2 Å². The third kappa shape index (κ3) is 3.86. The Bertz CT molecular complexity index is 1310. The number of ether oxygens (including phenoxy) is 2. The van der Waals surface area contributed by atoms with Crippen molar-refractivity contribution in [2.24, 2.45) is 0 Å². The first kappa shape index (κ1) is 21.9. The molecular weight excluding hydrogens is 446 g/mol. The number of aromatic nitrogens is 3. The SMILES string of the molecule is COc1ccc(OC)c(N2C(=S)NC(c3ccccn3)C2c2cccn2-c2ccc(C)cn2)c1. The van der Waals surface area contributed by atoms with Crippen LogP contribution < -0.4 is 19.7 Å². The molecular formula is C26H25N5O2S. The van der Waals surface area contributed by atoms with Crippen LogP contribution in [0.2, 0.25) is 0 Å². The van der Waals surface area contributed by atoms with Crippen LogP contribution in [0, 0.1) is 6.92 Å². The number of pyridine rings is 2. The molecule has 7 nitrogen and oxygen atoms in total. The van der Waals surface area contributed by atoms with Gasteiger partial charge < -0.3 is 24.3 Å². The van der Waals surface area contributed by atoms with Gasteiger partial charge in [-0.15, -0.1) is 0 Å². The van der Waals surface area contributed by atoms with Crippen LogP contribution in [-0.2, 0) is 0 Å². The van der Waals surface area contributed by atoms with Gasteiger partial charge in [0.1, 0.15) is 23.4 Å². The molecule has 34 heavy (non-hydrogen) atoms. The molecule has 4 aromatic rings. The minimum atomic E-state index is -0.221. The van der Waals surface area contributed by atoms with E-state index in [-0.39, 0.29) is 12.1 Å². The van der Waals surface area contributed by atoms with Crippen molar-refractivity contribution in [3.63, 3.8) is 0 Å². The van der Waals surface area contributed by atoms with E-state index in [9.17, 15) is 0 Å². The fraction of sp³-hybridized carbons (Fsp3) is 0.192. The first-order valence-electron chi connectivity index (χ1n) is 10.9. The summed E-state index contributed by atoms with van der Waals surface area (Å²) in [5.41, 5.74) is 3.83. The molecule has 3 aromatic heterocycles. The zero-order chi connectivity index (χ0) is 23.7. The molecule has 1 saturated heterocycles. The molecule has 2 atom stereocenters. The Hall–Kier alpha value is -3.91. The lowest BCUT2D eigenvalue weighted by molar-refractivity contribution is 0.402. The van der Waals surface area contributed by atoms with E-state index in [1.807, 2.05) is 67.8 Å². The number of benzene rings is 1. The topological polar surface area (TPSA) is 64.4 Å². The number of anilines is 1. The summed E-state index contributed by atoms with van der Waals surface area (Å²) in [6.07, 6.45) is 5.69. The van der Waals surface area contributed by atoms with Gasteiger partial charge in [0.15, 0.2) is 5.11 Å². The molecule has 8 heteroatoms. The van der Waals surface area contributed by atoms with Crippen molar-refractivity contribution in [1.82, 2.24) is 19.9 Å². The second-order valence-electron chi connectivity index (χ2n) is 8.03. The summed E-state index contributed by atoms with van der Waals surface area (Å²) in [6, 6.07) is 19.4. The molecule has 0 aliphatic carbocycles. The normalized spacial score (nSPS) is 17.5. The Labute approximate surface area is 204 Å². The molecule has 5 rings (SSSR count). The van der Waals surface area contributed by atoms with Crippen molar-refractivity contribution < 1.29 is 9.47 Å². The van der Waals surface area contributed by atoms with Gasteiger partial charge in [-0.2, -0.15) is 0 Å². The van der Waals surface area contributed by atoms with Crippen molar-refractivity contribution >= 4 is 23.0 Å². The summed E-state index contributed by atoms with van der Waals surface area (Å²) in [6.45, 7) is 2.03. The van der Waals surface area contributed by atoms with Crippen molar-refractivity contribution in [3.05, 3.63) is 96.2 Å². The van der Waals surface area contributed by atoms with Gasteiger partial charge in [0.25, 0.3) is 0 Å². The lowest BCUT2D eigenvalue weighted by Crippen LogP contribution is -2.30. The Balaban J connectivity index is 1.70. The number of aryl methyl sites for hydroxylation is 1. The number of rotatable bonds is 6. The fourth-order valence-corrected chi connectivity index (χ4v) is 4.68. The Kier molecular flexibility index (Phi) is 5.90. The molecule has 172 valence electrons. The van der Waals surface area contributed by atoms with Gasteiger partial charge in [-0.25, -0.2) is 4.98 Å². The van der Waals surface area contributed by atoms with E-state index in [0.29, 0.717) is 16.6 Å². The predicted molar refractivity (Wildman–Crippen MR) is 136 cm³/mol. The maximum Gasteiger partial charge on any atom is 0.174 e. The van der Waals surface area contributed by atoms with Crippen LogP contribution in [0.15, 0.2) is 79.3 Å². The molecule has 1 N–H and O–H groups in total. The van der Waals surface area contributed by atoms with Crippen molar-refractivity contribution in [2.75, 3.05) is 19.1 Å². The highest BCUT2D eigenvalue weighted by Gasteiger charge is 2.43. The summed E-state index contributed by atoms with van der Waals surface area (Å²) in [5.74, 6) is 2.25. The van der Waals surface area contributed by atoms with E-state index in [4.69, 9.17) is 21.7 Å². The van der Waals surface area contributed by atoms with Crippen LogP contribution in [0.4, 0.5) is 5.69 Å². The summed E-state index contributed by atoms with van der Waals surface area (Å²) in [4.78, 5) is 11.4. The second-order valence-corrected chi connectivity index (χ2v) is 8.42. The third-order valence-corrected chi connectivity index (χ3v) is 6.28. The molecule has 1 aliphatic heterocycles. The fourth-order valence-electron chi connectivity index (χ4n) is 4.35. The first-order valence-corrected chi connectivity index (χ1v) is 11.3. The first-order chi connectivity index (χ1) is 16.6. The Morgan fingerprint density at radius 1 is 0.971 bits per heavy atom. The number of hydrogen-bond acceptors (Lipinski definition) is 5. The molecule has 0 spiro atoms. The van der Waals surface area contributed by atoms with Crippen molar-refractivity contribution in [1.29, 1.82) is 0 Å². The van der Waals surface area contributed by atoms with Crippen molar-refractivity contribution in [2.45, 2.75) is 19.0 Å². The number of nitrogens with zero attached hydrogens (tertiary/aromatic N) is 4. The van der Waals surface area contributed by atoms with E-state index in [1.54, 1.807) is 20.4 Å². The summed E-state index contributed by atoms with van der Waals surface area (Å²) in [5, 5.41) is 4.08. The predicted octanol–water partition coefficient (Wildman–Crippen LogP) is 4.77. The van der Waals surface area contributed by atoms with E-state index < -0.39 is 0 Å². The minimum Gasteiger partial charge on any atom is -0.497 e. The van der Waals surface area contributed by atoms with Crippen LogP contribution in [0.5, 0.6) is 11.5 Å². The minimum absolute atomic E-state index is 0.191. The molecule has 0 saturated carbocycles. The van der Waals surface area contributed by atoms with Gasteiger partial charge in [0, 0.05) is 30.4 Å². The van der Waals surface area contributed by atoms with E-state index in [0.717, 1.165) is 28.5 Å². The molecule has 2 unspecified atom stereocenters. The third-order valence-electron chi connectivity index (χ3n) is 5.97. The number of methoxy groups -OCH3 is 2. The zero-order valence-corrected chi connectivity index (χ0v) is 20.0. The highest BCUT2D eigenvalue weighted by Crippen LogP contribution is 2.45. The van der Waals surface area contributed by atoms with Gasteiger partial charge in [-0.1, -0.05) is 12.1 Å². The second kappa shape index (κ2) is 9.15.